The van der Waals surface area contributed by atoms with E-state index in [4.69, 9.17) is 4.74 Å². The summed E-state index contributed by atoms with van der Waals surface area (Å²) < 4.78 is 7.98. The quantitative estimate of drug-likeness (QED) is 0.405. The first-order valence-electron chi connectivity index (χ1n) is 14.0. The topological polar surface area (TPSA) is 9.23 Å². The molecule has 2 saturated heterocycles. The van der Waals surface area contributed by atoms with Crippen molar-refractivity contribution in [2.45, 2.75) is 104 Å². The third kappa shape index (κ3) is 4.19. The predicted octanol–water partition coefficient (Wildman–Crippen LogP) is 7.63. The maximum absolute atomic E-state index is 6.76. The van der Waals surface area contributed by atoms with E-state index in [1.807, 2.05) is 0 Å². The van der Waals surface area contributed by atoms with Crippen molar-refractivity contribution in [2.75, 3.05) is 13.1 Å². The van der Waals surface area contributed by atoms with Gasteiger partial charge in [-0.25, -0.2) is 0 Å². The Bertz CT molecular complexity index is 1030. The summed E-state index contributed by atoms with van der Waals surface area (Å²) >= 11 is 0. The third-order valence-corrected chi connectivity index (χ3v) is 10.1. The molecule has 1 aliphatic carbocycles. The van der Waals surface area contributed by atoms with Crippen LogP contribution in [-0.2, 0) is 28.7 Å². The van der Waals surface area contributed by atoms with Gasteiger partial charge in [-0.1, -0.05) is 84.9 Å². The van der Waals surface area contributed by atoms with Crippen LogP contribution in [0.15, 0.2) is 48.5 Å². The van der Waals surface area contributed by atoms with Crippen molar-refractivity contribution in [3.05, 3.63) is 70.8 Å². The van der Waals surface area contributed by atoms with Crippen LogP contribution in [-0.4, -0.2) is 29.2 Å². The minimum absolute atomic E-state index is 0.156. The first kappa shape index (κ1) is 25.0. The zero-order valence-corrected chi connectivity index (χ0v) is 23.5. The highest BCUT2D eigenvalue weighted by Gasteiger charge is 2.73. The lowest BCUT2D eigenvalue weighted by molar-refractivity contribution is -0.967. The number of hydrogen-bond acceptors (Lipinski definition) is 1. The fraction of sp³-hybridized carbons (Fsp3) is 0.636. The van der Waals surface area contributed by atoms with Crippen LogP contribution < -0.4 is 0 Å². The van der Waals surface area contributed by atoms with E-state index in [-0.39, 0.29) is 10.8 Å². The summed E-state index contributed by atoms with van der Waals surface area (Å²) in [6.45, 7) is 23.7. The molecule has 0 aromatic heterocycles. The van der Waals surface area contributed by atoms with E-state index in [9.17, 15) is 0 Å². The Morgan fingerprint density at radius 2 is 1.43 bits per heavy atom. The monoisotopic (exact) mass is 474 g/mol. The van der Waals surface area contributed by atoms with Gasteiger partial charge in [0.1, 0.15) is 24.7 Å². The van der Waals surface area contributed by atoms with Crippen molar-refractivity contribution >= 4 is 0 Å². The lowest BCUT2D eigenvalue weighted by Gasteiger charge is -2.44. The summed E-state index contributed by atoms with van der Waals surface area (Å²) in [7, 11) is 0. The molecule has 2 heterocycles. The second-order valence-electron chi connectivity index (χ2n) is 14.4. The summed E-state index contributed by atoms with van der Waals surface area (Å²) in [5.74, 6) is 2.30. The van der Waals surface area contributed by atoms with Crippen molar-refractivity contribution in [1.29, 1.82) is 0 Å². The van der Waals surface area contributed by atoms with Crippen LogP contribution in [0.3, 0.4) is 0 Å². The van der Waals surface area contributed by atoms with Crippen LogP contribution in [0.5, 0.6) is 0 Å². The second kappa shape index (κ2) is 8.45. The molecule has 2 aromatic carbocycles. The van der Waals surface area contributed by atoms with E-state index >= 15 is 0 Å². The van der Waals surface area contributed by atoms with E-state index in [2.05, 4.69) is 104 Å². The Morgan fingerprint density at radius 3 is 2.03 bits per heavy atom. The molecule has 6 atom stereocenters. The van der Waals surface area contributed by atoms with Gasteiger partial charge in [-0.05, 0) is 59.4 Å². The zero-order chi connectivity index (χ0) is 25.2. The van der Waals surface area contributed by atoms with Gasteiger partial charge in [0.15, 0.2) is 0 Å². The molecule has 0 bridgehead atoms. The minimum Gasteiger partial charge on any atom is -0.367 e. The molecule has 5 rings (SSSR count). The van der Waals surface area contributed by atoms with Crippen LogP contribution in [0.2, 0.25) is 0 Å². The molecule has 0 spiro atoms. The van der Waals surface area contributed by atoms with Gasteiger partial charge in [0.25, 0.3) is 0 Å². The van der Waals surface area contributed by atoms with E-state index in [0.717, 1.165) is 25.0 Å². The first-order valence-corrected chi connectivity index (χ1v) is 14.0. The molecule has 2 heteroatoms. The van der Waals surface area contributed by atoms with Crippen molar-refractivity contribution in [2.24, 2.45) is 17.8 Å². The number of nitrogens with zero attached hydrogens (tertiary/aromatic N) is 1. The van der Waals surface area contributed by atoms with Gasteiger partial charge >= 0.3 is 0 Å². The highest BCUT2D eigenvalue weighted by molar-refractivity contribution is 5.37. The standard InChI is InChI=1S/C33H48NO/c1-23-19-34(20-25-16-26(31(2,3)4)18-27(17-25)32(5,6)7)21-30(29-15-14-28(23)33(29,34)8)35-22-24-12-10-9-11-13-24/h9-13,16-18,23,28-30H,14-15,19-22H2,1-8H3/q+1/t23-,28+,29-,30-,33-,34-/m1/s1. The molecule has 0 unspecified atom stereocenters. The van der Waals surface area contributed by atoms with Gasteiger partial charge in [0, 0.05) is 23.3 Å². The SMILES string of the molecule is C[C@@H]1C[N@@+]2(Cc3cc(C(C)(C)C)cc(C(C)(C)C)c3)C[C@@H](OCc3ccccc3)[C@H]3CC[C@@H]1[C@]32C. The van der Waals surface area contributed by atoms with Crippen molar-refractivity contribution < 1.29 is 9.22 Å². The molecule has 190 valence electrons. The van der Waals surface area contributed by atoms with E-state index < -0.39 is 0 Å². The fourth-order valence-electron chi connectivity index (χ4n) is 8.21. The number of ether oxygens (including phenoxy) is 1. The molecule has 3 aliphatic rings. The average molecular weight is 475 g/mol. The summed E-state index contributed by atoms with van der Waals surface area (Å²) in [6, 6.07) is 18.3. The number of hydrogen-bond donors (Lipinski definition) is 0. The van der Waals surface area contributed by atoms with Gasteiger partial charge in [-0.2, -0.15) is 0 Å². The lowest BCUT2D eigenvalue weighted by Crippen LogP contribution is -2.57. The summed E-state index contributed by atoms with van der Waals surface area (Å²) in [4.78, 5) is 0. The Balaban J connectivity index is 1.49. The summed E-state index contributed by atoms with van der Waals surface area (Å²) in [6.07, 6.45) is 3.08. The van der Waals surface area contributed by atoms with Crippen LogP contribution in [0.1, 0.15) is 90.5 Å². The first-order chi connectivity index (χ1) is 16.3. The Labute approximate surface area is 214 Å². The molecule has 2 aromatic rings. The Kier molecular flexibility index (Phi) is 6.04. The average Bonchev–Trinajstić information content (AvgIpc) is 3.32. The maximum Gasteiger partial charge on any atom is 0.116 e. The molecule has 2 aliphatic heterocycles. The maximum atomic E-state index is 6.76. The molecule has 0 amide bonds. The highest BCUT2D eigenvalue weighted by atomic mass is 16.5. The normalized spacial score (nSPS) is 34.4. The summed E-state index contributed by atoms with van der Waals surface area (Å²) in [5, 5.41) is 0. The van der Waals surface area contributed by atoms with Crippen molar-refractivity contribution in [3.63, 3.8) is 0 Å². The third-order valence-electron chi connectivity index (χ3n) is 10.1. The van der Waals surface area contributed by atoms with Gasteiger partial charge in [-0.3, -0.25) is 0 Å². The van der Waals surface area contributed by atoms with Crippen molar-refractivity contribution in [3.8, 4) is 0 Å². The fourth-order valence-corrected chi connectivity index (χ4v) is 8.21. The molecule has 35 heavy (non-hydrogen) atoms. The minimum atomic E-state index is 0.156. The van der Waals surface area contributed by atoms with Gasteiger partial charge in [-0.15, -0.1) is 0 Å². The van der Waals surface area contributed by atoms with Crippen molar-refractivity contribution in [1.82, 2.24) is 0 Å². The second-order valence-corrected chi connectivity index (χ2v) is 14.4. The Morgan fingerprint density at radius 1 is 0.829 bits per heavy atom. The van der Waals surface area contributed by atoms with Gasteiger partial charge in [0.05, 0.1) is 13.2 Å². The largest absolute Gasteiger partial charge is 0.367 e. The molecule has 0 radical (unpaired) electrons. The molecular formula is C33H48NO+. The molecular weight excluding hydrogens is 426 g/mol. The number of rotatable bonds is 5. The van der Waals surface area contributed by atoms with Crippen LogP contribution in [0.4, 0.5) is 0 Å². The van der Waals surface area contributed by atoms with Crippen LogP contribution >= 0.6 is 0 Å². The molecule has 0 N–H and O–H groups in total. The zero-order valence-electron chi connectivity index (χ0n) is 23.5. The molecule has 2 nitrogen and oxygen atoms in total. The number of benzene rings is 2. The van der Waals surface area contributed by atoms with Crippen LogP contribution in [0, 0.1) is 17.8 Å². The van der Waals surface area contributed by atoms with Gasteiger partial charge in [0.2, 0.25) is 0 Å². The number of quaternary nitrogens is 1. The predicted molar refractivity (Wildman–Crippen MR) is 146 cm³/mol. The smallest absolute Gasteiger partial charge is 0.116 e. The molecule has 1 saturated carbocycles. The highest BCUT2D eigenvalue weighted by Crippen LogP contribution is 2.63. The van der Waals surface area contributed by atoms with E-state index in [0.29, 0.717) is 17.6 Å². The van der Waals surface area contributed by atoms with E-state index in [1.54, 1.807) is 0 Å². The summed E-state index contributed by atoms with van der Waals surface area (Å²) in [5.41, 5.74) is 6.43. The van der Waals surface area contributed by atoms with Gasteiger partial charge < -0.3 is 9.22 Å². The Hall–Kier alpha value is -1.64. The van der Waals surface area contributed by atoms with Crippen LogP contribution in [0.25, 0.3) is 0 Å². The lowest BCUT2D eigenvalue weighted by atomic mass is 9.78. The molecule has 3 fully saturated rings. The van der Waals surface area contributed by atoms with E-state index in [1.165, 1.54) is 52.7 Å².